The fourth-order valence-corrected chi connectivity index (χ4v) is 3.30. The molecule has 0 spiro atoms. The van der Waals surface area contributed by atoms with Crippen molar-refractivity contribution < 1.29 is 4.39 Å². The lowest BCUT2D eigenvalue weighted by Gasteiger charge is -2.19. The zero-order valence-corrected chi connectivity index (χ0v) is 19.7. The molecule has 1 aliphatic heterocycles. The van der Waals surface area contributed by atoms with Crippen LogP contribution in [-0.4, -0.2) is 30.6 Å². The number of rotatable bonds is 6. The number of benzene rings is 1. The van der Waals surface area contributed by atoms with Crippen molar-refractivity contribution in [2.24, 2.45) is 4.99 Å². The van der Waals surface area contributed by atoms with E-state index in [1.54, 1.807) is 19.1 Å². The molecule has 29 heavy (non-hydrogen) atoms. The zero-order chi connectivity index (χ0) is 19.9. The molecular formula is C22H31FIN5. The highest BCUT2D eigenvalue weighted by molar-refractivity contribution is 14.0. The Bertz CT molecular complexity index is 803. The normalized spacial score (nSPS) is 15.0. The standard InChI is InChI=1S/C22H30FN5.HI/c1-4-24-22(27-17(3)19-9-7-16(2)20(23)13-19)26-15-18-8-10-21(25-14-18)28-11-5-6-12-28;/h7-10,13-14,17H,4-6,11-12,15H2,1-3H3,(H2,24,26,27);1H. The molecule has 0 aliphatic carbocycles. The summed E-state index contributed by atoms with van der Waals surface area (Å²) in [6.07, 6.45) is 4.39. The van der Waals surface area contributed by atoms with E-state index in [2.05, 4.69) is 37.6 Å². The van der Waals surface area contributed by atoms with Crippen molar-refractivity contribution in [3.63, 3.8) is 0 Å². The predicted molar refractivity (Wildman–Crippen MR) is 129 cm³/mol. The second-order valence-electron chi connectivity index (χ2n) is 7.29. The lowest BCUT2D eigenvalue weighted by atomic mass is 10.1. The number of halogens is 2. The second-order valence-corrected chi connectivity index (χ2v) is 7.29. The van der Waals surface area contributed by atoms with Gasteiger partial charge in [-0.15, -0.1) is 24.0 Å². The highest BCUT2D eigenvalue weighted by Crippen LogP contribution is 2.18. The topological polar surface area (TPSA) is 52.6 Å². The molecule has 1 atom stereocenters. The van der Waals surface area contributed by atoms with Crippen LogP contribution >= 0.6 is 24.0 Å². The molecule has 2 heterocycles. The Morgan fingerprint density at radius 3 is 2.62 bits per heavy atom. The van der Waals surface area contributed by atoms with Gasteiger partial charge in [-0.05, 0) is 62.4 Å². The number of aliphatic imine (C=N–C) groups is 1. The summed E-state index contributed by atoms with van der Waals surface area (Å²) in [6, 6.07) is 9.45. The molecular weight excluding hydrogens is 480 g/mol. The number of hydrogen-bond acceptors (Lipinski definition) is 3. The van der Waals surface area contributed by atoms with Gasteiger partial charge in [0.15, 0.2) is 5.96 Å². The summed E-state index contributed by atoms with van der Waals surface area (Å²) >= 11 is 0. The Kier molecular flexibility index (Phi) is 9.13. The highest BCUT2D eigenvalue weighted by atomic mass is 127. The Morgan fingerprint density at radius 2 is 2.00 bits per heavy atom. The first-order valence-electron chi connectivity index (χ1n) is 10.1. The number of hydrogen-bond donors (Lipinski definition) is 2. The molecule has 2 N–H and O–H groups in total. The first kappa shape index (κ1) is 23.4. The average molecular weight is 511 g/mol. The van der Waals surface area contributed by atoms with E-state index in [1.807, 2.05) is 26.1 Å². The number of nitrogens with one attached hydrogen (secondary N) is 2. The van der Waals surface area contributed by atoms with Crippen molar-refractivity contribution in [1.29, 1.82) is 0 Å². The van der Waals surface area contributed by atoms with E-state index in [4.69, 9.17) is 0 Å². The molecule has 5 nitrogen and oxygen atoms in total. The second kappa shape index (κ2) is 11.3. The fraction of sp³-hybridized carbons (Fsp3) is 0.455. The minimum atomic E-state index is -0.183. The third-order valence-corrected chi connectivity index (χ3v) is 5.05. The summed E-state index contributed by atoms with van der Waals surface area (Å²) in [5.74, 6) is 1.57. The van der Waals surface area contributed by atoms with Gasteiger partial charge in [-0.2, -0.15) is 0 Å². The SMILES string of the molecule is CCNC(=NCc1ccc(N2CCCC2)nc1)NC(C)c1ccc(C)c(F)c1.I. The molecule has 1 aromatic carbocycles. The lowest BCUT2D eigenvalue weighted by Crippen LogP contribution is -2.38. The number of pyridine rings is 1. The molecule has 1 unspecified atom stereocenters. The Labute approximate surface area is 190 Å². The van der Waals surface area contributed by atoms with Gasteiger partial charge in [0.05, 0.1) is 12.6 Å². The monoisotopic (exact) mass is 511 g/mol. The van der Waals surface area contributed by atoms with Crippen molar-refractivity contribution in [3.05, 3.63) is 59.0 Å². The lowest BCUT2D eigenvalue weighted by molar-refractivity contribution is 0.607. The molecule has 1 aromatic heterocycles. The molecule has 0 amide bonds. The van der Waals surface area contributed by atoms with Crippen LogP contribution in [0.1, 0.15) is 49.4 Å². The van der Waals surface area contributed by atoms with Crippen molar-refractivity contribution in [2.45, 2.75) is 46.2 Å². The third-order valence-electron chi connectivity index (χ3n) is 5.05. The van der Waals surface area contributed by atoms with Crippen molar-refractivity contribution >= 4 is 35.8 Å². The Morgan fingerprint density at radius 1 is 1.24 bits per heavy atom. The van der Waals surface area contributed by atoms with Crippen molar-refractivity contribution in [3.8, 4) is 0 Å². The van der Waals surface area contributed by atoms with Gasteiger partial charge in [-0.1, -0.05) is 18.2 Å². The van der Waals surface area contributed by atoms with Gasteiger partial charge in [0.1, 0.15) is 11.6 Å². The van der Waals surface area contributed by atoms with E-state index in [0.29, 0.717) is 18.1 Å². The van der Waals surface area contributed by atoms with Gasteiger partial charge in [-0.3, -0.25) is 0 Å². The van der Waals surface area contributed by atoms with Crippen LogP contribution < -0.4 is 15.5 Å². The molecule has 1 aliphatic rings. The first-order valence-corrected chi connectivity index (χ1v) is 10.1. The van der Waals surface area contributed by atoms with Crippen LogP contribution in [0.5, 0.6) is 0 Å². The molecule has 3 rings (SSSR count). The molecule has 158 valence electrons. The van der Waals surface area contributed by atoms with Gasteiger partial charge in [0.25, 0.3) is 0 Å². The van der Waals surface area contributed by atoms with Crippen LogP contribution in [0.4, 0.5) is 10.2 Å². The number of guanidine groups is 1. The number of aromatic nitrogens is 1. The fourth-order valence-electron chi connectivity index (χ4n) is 3.30. The van der Waals surface area contributed by atoms with Crippen molar-refractivity contribution in [2.75, 3.05) is 24.5 Å². The largest absolute Gasteiger partial charge is 0.357 e. The van der Waals surface area contributed by atoms with E-state index in [0.717, 1.165) is 36.6 Å². The third kappa shape index (κ3) is 6.55. The summed E-state index contributed by atoms with van der Waals surface area (Å²) in [5.41, 5.74) is 2.61. The van der Waals surface area contributed by atoms with Crippen LogP contribution in [0.2, 0.25) is 0 Å². The van der Waals surface area contributed by atoms with E-state index < -0.39 is 0 Å². The maximum absolute atomic E-state index is 13.9. The van der Waals surface area contributed by atoms with E-state index in [-0.39, 0.29) is 35.8 Å². The van der Waals surface area contributed by atoms with Crippen LogP contribution in [0.25, 0.3) is 0 Å². The van der Waals surface area contributed by atoms with E-state index in [1.165, 1.54) is 12.8 Å². The van der Waals surface area contributed by atoms with Crippen LogP contribution in [-0.2, 0) is 6.54 Å². The Balaban J connectivity index is 0.00000300. The number of aryl methyl sites for hydroxylation is 1. The molecule has 1 saturated heterocycles. The zero-order valence-electron chi connectivity index (χ0n) is 17.4. The first-order chi connectivity index (χ1) is 13.6. The van der Waals surface area contributed by atoms with Gasteiger partial charge in [0, 0.05) is 25.8 Å². The van der Waals surface area contributed by atoms with Crippen LogP contribution in [0.3, 0.4) is 0 Å². The highest BCUT2D eigenvalue weighted by Gasteiger charge is 2.13. The van der Waals surface area contributed by atoms with Crippen LogP contribution in [0, 0.1) is 12.7 Å². The molecule has 0 radical (unpaired) electrons. The number of anilines is 1. The smallest absolute Gasteiger partial charge is 0.192 e. The summed E-state index contributed by atoms with van der Waals surface area (Å²) in [6.45, 7) is 9.28. The Hall–Kier alpha value is -1.90. The minimum Gasteiger partial charge on any atom is -0.357 e. The molecule has 7 heteroatoms. The molecule has 0 bridgehead atoms. The van der Waals surface area contributed by atoms with Gasteiger partial charge in [0.2, 0.25) is 0 Å². The minimum absolute atomic E-state index is 0. The summed E-state index contributed by atoms with van der Waals surface area (Å²) in [4.78, 5) is 11.6. The van der Waals surface area contributed by atoms with E-state index in [9.17, 15) is 4.39 Å². The summed E-state index contributed by atoms with van der Waals surface area (Å²) in [7, 11) is 0. The van der Waals surface area contributed by atoms with E-state index >= 15 is 0 Å². The maximum atomic E-state index is 13.9. The molecule has 0 saturated carbocycles. The molecule has 2 aromatic rings. The maximum Gasteiger partial charge on any atom is 0.192 e. The van der Waals surface area contributed by atoms with Gasteiger partial charge in [-0.25, -0.2) is 14.4 Å². The predicted octanol–water partition coefficient (Wildman–Crippen LogP) is 4.56. The molecule has 1 fully saturated rings. The number of nitrogens with zero attached hydrogens (tertiary/aromatic N) is 3. The summed E-state index contributed by atoms with van der Waals surface area (Å²) in [5, 5.41) is 6.60. The van der Waals surface area contributed by atoms with Gasteiger partial charge >= 0.3 is 0 Å². The van der Waals surface area contributed by atoms with Crippen LogP contribution in [0.15, 0.2) is 41.5 Å². The van der Waals surface area contributed by atoms with Crippen molar-refractivity contribution in [1.82, 2.24) is 15.6 Å². The average Bonchev–Trinajstić information content (AvgIpc) is 3.23. The summed E-state index contributed by atoms with van der Waals surface area (Å²) < 4.78 is 13.9. The quantitative estimate of drug-likeness (QED) is 0.339. The van der Waals surface area contributed by atoms with Gasteiger partial charge < -0.3 is 15.5 Å².